The van der Waals surface area contributed by atoms with Crippen molar-refractivity contribution < 1.29 is 14.3 Å². The van der Waals surface area contributed by atoms with Gasteiger partial charge in [0.05, 0.1) is 30.8 Å². The van der Waals surface area contributed by atoms with E-state index in [1.54, 1.807) is 19.5 Å². The number of fused-ring (bicyclic) bond motifs is 1. The summed E-state index contributed by atoms with van der Waals surface area (Å²) < 4.78 is 5.27. The van der Waals surface area contributed by atoms with Crippen LogP contribution < -0.4 is 10.1 Å². The number of benzene rings is 1. The van der Waals surface area contributed by atoms with Crippen molar-refractivity contribution in [3.8, 4) is 5.75 Å². The summed E-state index contributed by atoms with van der Waals surface area (Å²) in [4.78, 5) is 34.8. The highest BCUT2D eigenvalue weighted by atomic mass is 16.5. The summed E-state index contributed by atoms with van der Waals surface area (Å²) in [6, 6.07) is 11.4. The zero-order valence-corrected chi connectivity index (χ0v) is 18.2. The number of pyridine rings is 1. The molecule has 31 heavy (non-hydrogen) atoms. The molecule has 2 fully saturated rings. The van der Waals surface area contributed by atoms with E-state index in [1.165, 1.54) is 0 Å². The molecule has 4 rings (SSSR count). The van der Waals surface area contributed by atoms with Gasteiger partial charge in [0.25, 0.3) is 0 Å². The van der Waals surface area contributed by atoms with Crippen LogP contribution in [0.5, 0.6) is 5.75 Å². The summed E-state index contributed by atoms with van der Waals surface area (Å²) in [6.45, 7) is 2.15. The zero-order valence-electron chi connectivity index (χ0n) is 18.2. The summed E-state index contributed by atoms with van der Waals surface area (Å²) >= 11 is 0. The van der Waals surface area contributed by atoms with Gasteiger partial charge in [-0.15, -0.1) is 0 Å². The Balaban J connectivity index is 1.48. The maximum absolute atomic E-state index is 13.4. The molecule has 0 saturated carbocycles. The maximum Gasteiger partial charge on any atom is 0.232 e. The highest BCUT2D eigenvalue weighted by Gasteiger charge is 2.52. The Bertz CT molecular complexity index is 935. The SMILES string of the molecule is COc1cccc(CC(=O)N2CC[C@H]3N(C)CC[C@@]3(C(=O)Nc3cccnc3)CC2)c1. The standard InChI is InChI=1S/C24H30N4O3/c1-27-13-9-24(23(30)26-19-6-4-11-25-17-19)10-14-28(12-8-21(24)27)22(29)16-18-5-3-7-20(15-18)31-2/h3-7,11,15,17,21H,8-10,12-14,16H2,1-2H3,(H,26,30)/t21-,24-/m1/s1. The first-order valence-corrected chi connectivity index (χ1v) is 10.8. The molecular weight excluding hydrogens is 392 g/mol. The Hall–Kier alpha value is -2.93. The zero-order chi connectivity index (χ0) is 21.8. The summed E-state index contributed by atoms with van der Waals surface area (Å²) in [6.07, 6.45) is 5.96. The molecule has 1 N–H and O–H groups in total. The Morgan fingerprint density at radius 1 is 1.19 bits per heavy atom. The molecular formula is C24H30N4O3. The summed E-state index contributed by atoms with van der Waals surface area (Å²) in [7, 11) is 3.71. The molecule has 2 aromatic rings. The first-order valence-electron chi connectivity index (χ1n) is 10.8. The van der Waals surface area contributed by atoms with Crippen LogP contribution >= 0.6 is 0 Å². The minimum atomic E-state index is -0.490. The smallest absolute Gasteiger partial charge is 0.232 e. The minimum Gasteiger partial charge on any atom is -0.497 e. The molecule has 1 aromatic carbocycles. The van der Waals surface area contributed by atoms with Crippen molar-refractivity contribution in [2.24, 2.45) is 5.41 Å². The van der Waals surface area contributed by atoms with Gasteiger partial charge >= 0.3 is 0 Å². The van der Waals surface area contributed by atoms with Crippen molar-refractivity contribution >= 4 is 17.5 Å². The number of amides is 2. The minimum absolute atomic E-state index is 0.0388. The predicted molar refractivity (Wildman–Crippen MR) is 119 cm³/mol. The molecule has 0 aliphatic carbocycles. The van der Waals surface area contributed by atoms with E-state index in [4.69, 9.17) is 4.74 Å². The largest absolute Gasteiger partial charge is 0.497 e. The maximum atomic E-state index is 13.4. The topological polar surface area (TPSA) is 74.8 Å². The van der Waals surface area contributed by atoms with Crippen LogP contribution in [0.15, 0.2) is 48.8 Å². The fraction of sp³-hybridized carbons (Fsp3) is 0.458. The van der Waals surface area contributed by atoms with Gasteiger partial charge in [-0.25, -0.2) is 0 Å². The van der Waals surface area contributed by atoms with Gasteiger partial charge in [0, 0.05) is 25.3 Å². The van der Waals surface area contributed by atoms with Gasteiger partial charge in [0.1, 0.15) is 5.75 Å². The van der Waals surface area contributed by atoms with E-state index in [0.29, 0.717) is 31.6 Å². The summed E-state index contributed by atoms with van der Waals surface area (Å²) in [5.74, 6) is 0.888. The lowest BCUT2D eigenvalue weighted by molar-refractivity contribution is -0.131. The van der Waals surface area contributed by atoms with Gasteiger partial charge in [-0.1, -0.05) is 12.1 Å². The van der Waals surface area contributed by atoms with E-state index in [-0.39, 0.29) is 17.9 Å². The number of ether oxygens (including phenoxy) is 1. The number of hydrogen-bond acceptors (Lipinski definition) is 5. The first-order chi connectivity index (χ1) is 15.0. The monoisotopic (exact) mass is 422 g/mol. The molecule has 7 heteroatoms. The third-order valence-electron chi connectivity index (χ3n) is 6.79. The highest BCUT2D eigenvalue weighted by Crippen LogP contribution is 2.44. The molecule has 0 radical (unpaired) electrons. The average molecular weight is 423 g/mol. The molecule has 2 atom stereocenters. The van der Waals surface area contributed by atoms with Crippen LogP contribution in [0.1, 0.15) is 24.8 Å². The predicted octanol–water partition coefficient (Wildman–Crippen LogP) is 2.58. The fourth-order valence-corrected chi connectivity index (χ4v) is 5.02. The molecule has 2 amide bonds. The van der Waals surface area contributed by atoms with Crippen LogP contribution in [-0.4, -0.2) is 66.4 Å². The van der Waals surface area contributed by atoms with Crippen molar-refractivity contribution in [1.82, 2.24) is 14.8 Å². The second-order valence-corrected chi connectivity index (χ2v) is 8.55. The van der Waals surface area contributed by atoms with E-state index < -0.39 is 5.41 Å². The van der Waals surface area contributed by atoms with Gasteiger partial charge in [0.2, 0.25) is 11.8 Å². The van der Waals surface area contributed by atoms with Crippen LogP contribution in [0.25, 0.3) is 0 Å². The Morgan fingerprint density at radius 3 is 2.81 bits per heavy atom. The van der Waals surface area contributed by atoms with Crippen molar-refractivity contribution in [2.75, 3.05) is 39.1 Å². The molecule has 2 aliphatic heterocycles. The molecule has 2 saturated heterocycles. The fourth-order valence-electron chi connectivity index (χ4n) is 5.02. The second-order valence-electron chi connectivity index (χ2n) is 8.55. The highest BCUT2D eigenvalue weighted by molar-refractivity contribution is 5.96. The third-order valence-corrected chi connectivity index (χ3v) is 6.79. The van der Waals surface area contributed by atoms with E-state index in [0.717, 1.165) is 30.7 Å². The molecule has 3 heterocycles. The van der Waals surface area contributed by atoms with Gasteiger partial charge < -0.3 is 19.9 Å². The van der Waals surface area contributed by atoms with Crippen LogP contribution in [0.2, 0.25) is 0 Å². The molecule has 1 aromatic heterocycles. The first kappa shape index (κ1) is 21.3. The van der Waals surface area contributed by atoms with Gasteiger partial charge in [-0.2, -0.15) is 0 Å². The normalized spacial score (nSPS) is 23.7. The number of anilines is 1. The van der Waals surface area contributed by atoms with Crippen LogP contribution in [-0.2, 0) is 16.0 Å². The lowest BCUT2D eigenvalue weighted by atomic mass is 9.75. The number of nitrogens with zero attached hydrogens (tertiary/aromatic N) is 3. The van der Waals surface area contributed by atoms with Crippen molar-refractivity contribution in [2.45, 2.75) is 31.7 Å². The van der Waals surface area contributed by atoms with Gasteiger partial charge in [0.15, 0.2) is 0 Å². The Labute approximate surface area is 183 Å². The molecule has 0 unspecified atom stereocenters. The number of methoxy groups -OCH3 is 1. The van der Waals surface area contributed by atoms with E-state index in [1.807, 2.05) is 41.3 Å². The molecule has 0 bridgehead atoms. The molecule has 2 aliphatic rings. The van der Waals surface area contributed by atoms with Crippen LogP contribution in [0.3, 0.4) is 0 Å². The van der Waals surface area contributed by atoms with E-state index in [9.17, 15) is 9.59 Å². The number of likely N-dealkylation sites (tertiary alicyclic amines) is 2. The quantitative estimate of drug-likeness (QED) is 0.802. The Morgan fingerprint density at radius 2 is 2.03 bits per heavy atom. The summed E-state index contributed by atoms with van der Waals surface area (Å²) in [5.41, 5.74) is 1.16. The lowest BCUT2D eigenvalue weighted by Crippen LogP contribution is -2.46. The molecule has 0 spiro atoms. The second kappa shape index (κ2) is 9.06. The number of rotatable bonds is 5. The number of carbonyl (C=O) groups excluding carboxylic acids is 2. The number of nitrogens with one attached hydrogen (secondary N) is 1. The van der Waals surface area contributed by atoms with Crippen molar-refractivity contribution in [3.63, 3.8) is 0 Å². The van der Waals surface area contributed by atoms with Crippen LogP contribution in [0, 0.1) is 5.41 Å². The Kier molecular flexibility index (Phi) is 6.23. The van der Waals surface area contributed by atoms with Gasteiger partial charge in [-0.05, 0) is 62.7 Å². The van der Waals surface area contributed by atoms with Crippen LogP contribution in [0.4, 0.5) is 5.69 Å². The number of aromatic nitrogens is 1. The number of hydrogen-bond donors (Lipinski definition) is 1. The lowest BCUT2D eigenvalue weighted by Gasteiger charge is -2.34. The van der Waals surface area contributed by atoms with E-state index in [2.05, 4.69) is 22.2 Å². The van der Waals surface area contributed by atoms with E-state index >= 15 is 0 Å². The molecule has 7 nitrogen and oxygen atoms in total. The third kappa shape index (κ3) is 4.42. The average Bonchev–Trinajstić information content (AvgIpc) is 2.98. The summed E-state index contributed by atoms with van der Waals surface area (Å²) in [5, 5.41) is 3.07. The molecule has 164 valence electrons. The van der Waals surface area contributed by atoms with Gasteiger partial charge in [-0.3, -0.25) is 14.6 Å². The van der Waals surface area contributed by atoms with Crippen molar-refractivity contribution in [3.05, 3.63) is 54.4 Å². The number of carbonyl (C=O) groups is 2. The van der Waals surface area contributed by atoms with Crippen molar-refractivity contribution in [1.29, 1.82) is 0 Å².